The topological polar surface area (TPSA) is 110 Å². The molecule has 134 valence electrons. The summed E-state index contributed by atoms with van der Waals surface area (Å²) < 4.78 is 24.7. The van der Waals surface area contributed by atoms with Crippen molar-refractivity contribution in [2.24, 2.45) is 12.2 Å². The van der Waals surface area contributed by atoms with Gasteiger partial charge in [-0.3, -0.25) is 9.48 Å². The summed E-state index contributed by atoms with van der Waals surface area (Å²) in [5.41, 5.74) is 2.36. The number of hydrogen-bond acceptors (Lipinski definition) is 5. The van der Waals surface area contributed by atoms with Gasteiger partial charge in [-0.2, -0.15) is 5.10 Å². The maximum atomic E-state index is 12.3. The van der Waals surface area contributed by atoms with Crippen LogP contribution in [0, 0.1) is 6.92 Å². The smallest absolute Gasteiger partial charge is 0.245 e. The largest absolute Gasteiger partial charge is 0.362 e. The number of aromatic nitrogens is 2. The Bertz CT molecular complexity index is 954. The zero-order chi connectivity index (χ0) is 18.4. The summed E-state index contributed by atoms with van der Waals surface area (Å²) in [5, 5.41) is 12.2. The maximum absolute atomic E-state index is 12.3. The summed E-state index contributed by atoms with van der Waals surface area (Å²) in [5.74, 6) is 0.423. The highest BCUT2D eigenvalue weighted by atomic mass is 35.5. The third kappa shape index (κ3) is 3.63. The molecule has 8 nitrogen and oxygen atoms in total. The van der Waals surface area contributed by atoms with Crippen LogP contribution in [-0.2, 0) is 28.3 Å². The molecule has 0 saturated heterocycles. The Morgan fingerprint density at radius 3 is 2.72 bits per heavy atom. The van der Waals surface area contributed by atoms with E-state index in [1.54, 1.807) is 23.9 Å². The number of anilines is 2. The molecule has 0 unspecified atom stereocenters. The van der Waals surface area contributed by atoms with Gasteiger partial charge in [0.1, 0.15) is 10.7 Å². The van der Waals surface area contributed by atoms with Crippen molar-refractivity contribution in [3.63, 3.8) is 0 Å². The van der Waals surface area contributed by atoms with E-state index in [0.29, 0.717) is 18.8 Å². The summed E-state index contributed by atoms with van der Waals surface area (Å²) in [4.78, 5) is 14.1. The van der Waals surface area contributed by atoms with Gasteiger partial charge in [0, 0.05) is 25.3 Å². The fourth-order valence-electron chi connectivity index (χ4n) is 2.92. The van der Waals surface area contributed by atoms with E-state index in [0.717, 1.165) is 16.9 Å². The van der Waals surface area contributed by atoms with Crippen LogP contribution in [0.3, 0.4) is 0 Å². The summed E-state index contributed by atoms with van der Waals surface area (Å²) in [6.07, 6.45) is 0.618. The number of fused-ring (bicyclic) bond motifs is 1. The van der Waals surface area contributed by atoms with Crippen molar-refractivity contribution in [3.05, 3.63) is 34.5 Å². The molecule has 25 heavy (non-hydrogen) atoms. The molecule has 1 aliphatic heterocycles. The summed E-state index contributed by atoms with van der Waals surface area (Å²) in [7, 11) is -2.13. The minimum absolute atomic E-state index is 0.0517. The van der Waals surface area contributed by atoms with Crippen molar-refractivity contribution in [2.75, 3.05) is 23.3 Å². The number of carbonyl (C=O) groups is 1. The first kappa shape index (κ1) is 17.7. The zero-order valence-electron chi connectivity index (χ0n) is 13.8. The number of carbonyl (C=O) groups excluding carboxylic acids is 1. The van der Waals surface area contributed by atoms with Crippen molar-refractivity contribution in [3.8, 4) is 0 Å². The summed E-state index contributed by atoms with van der Waals surface area (Å²) in [6.45, 7) is 2.57. The number of sulfonamides is 1. The van der Waals surface area contributed by atoms with E-state index < -0.39 is 10.0 Å². The SMILES string of the molecule is Cc1cc(NC(=O)CN2CCc3cc(S(N)(=O)=O)c(Cl)cc32)n(C)n1. The molecule has 1 amide bonds. The van der Waals surface area contributed by atoms with Gasteiger partial charge in [0.25, 0.3) is 0 Å². The maximum Gasteiger partial charge on any atom is 0.245 e. The van der Waals surface area contributed by atoms with E-state index in [9.17, 15) is 13.2 Å². The second-order valence-corrected chi connectivity index (χ2v) is 7.91. The van der Waals surface area contributed by atoms with E-state index in [2.05, 4.69) is 10.4 Å². The third-order valence-corrected chi connectivity index (χ3v) is 5.41. The second-order valence-electron chi connectivity index (χ2n) is 5.97. The third-order valence-electron chi connectivity index (χ3n) is 4.04. The van der Waals surface area contributed by atoms with Gasteiger partial charge in [0.2, 0.25) is 15.9 Å². The van der Waals surface area contributed by atoms with Crippen molar-refractivity contribution in [2.45, 2.75) is 18.2 Å². The standard InChI is InChI=1S/C15H18ClN5O3S/c1-9-5-14(20(2)19-9)18-15(22)8-21-4-3-10-6-13(25(17,23)24)11(16)7-12(10)21/h5-7H,3-4,8H2,1-2H3,(H,18,22)(H2,17,23,24). The van der Waals surface area contributed by atoms with E-state index in [1.807, 2.05) is 11.8 Å². The van der Waals surface area contributed by atoms with E-state index in [1.165, 1.54) is 6.07 Å². The molecule has 2 heterocycles. The van der Waals surface area contributed by atoms with Crippen LogP contribution in [-0.4, -0.2) is 37.2 Å². The molecule has 0 atom stereocenters. The number of hydrogen-bond donors (Lipinski definition) is 2. The quantitative estimate of drug-likeness (QED) is 0.819. The Hall–Kier alpha value is -2.10. The minimum atomic E-state index is -3.88. The molecule has 0 saturated carbocycles. The summed E-state index contributed by atoms with van der Waals surface area (Å²) in [6, 6.07) is 4.81. The van der Waals surface area contributed by atoms with Gasteiger partial charge < -0.3 is 10.2 Å². The van der Waals surface area contributed by atoms with Gasteiger partial charge in [-0.1, -0.05) is 11.6 Å². The number of aryl methyl sites for hydroxylation is 2. The van der Waals surface area contributed by atoms with Gasteiger partial charge in [0.15, 0.2) is 0 Å². The van der Waals surface area contributed by atoms with Crippen LogP contribution < -0.4 is 15.4 Å². The normalized spacial score (nSPS) is 13.8. The van der Waals surface area contributed by atoms with Crippen LogP contribution in [0.5, 0.6) is 0 Å². The monoisotopic (exact) mass is 383 g/mol. The van der Waals surface area contributed by atoms with Gasteiger partial charge >= 0.3 is 0 Å². The van der Waals surface area contributed by atoms with Crippen LogP contribution in [0.25, 0.3) is 0 Å². The molecule has 0 aliphatic carbocycles. The Morgan fingerprint density at radius 2 is 2.12 bits per heavy atom. The van der Waals surface area contributed by atoms with Crippen molar-refractivity contribution in [1.29, 1.82) is 0 Å². The number of halogens is 1. The molecule has 2 aromatic rings. The number of amides is 1. The molecular weight excluding hydrogens is 366 g/mol. The lowest BCUT2D eigenvalue weighted by molar-refractivity contribution is -0.115. The Labute approximate surface area is 150 Å². The molecule has 0 spiro atoms. The Morgan fingerprint density at radius 1 is 1.40 bits per heavy atom. The van der Waals surface area contributed by atoms with Crippen molar-refractivity contribution >= 4 is 39.0 Å². The van der Waals surface area contributed by atoms with Crippen molar-refractivity contribution < 1.29 is 13.2 Å². The van der Waals surface area contributed by atoms with Crippen molar-refractivity contribution in [1.82, 2.24) is 9.78 Å². The van der Waals surface area contributed by atoms with Crippen LogP contribution in [0.15, 0.2) is 23.1 Å². The highest BCUT2D eigenvalue weighted by molar-refractivity contribution is 7.89. The highest BCUT2D eigenvalue weighted by Crippen LogP contribution is 2.34. The first-order valence-electron chi connectivity index (χ1n) is 7.56. The number of rotatable bonds is 4. The van der Waals surface area contributed by atoms with E-state index >= 15 is 0 Å². The van der Waals surface area contributed by atoms with Gasteiger partial charge in [0.05, 0.1) is 17.3 Å². The summed E-state index contributed by atoms with van der Waals surface area (Å²) >= 11 is 6.05. The van der Waals surface area contributed by atoms with E-state index in [-0.39, 0.29) is 22.4 Å². The predicted molar refractivity (Wildman–Crippen MR) is 95.3 cm³/mol. The molecule has 10 heteroatoms. The molecule has 3 rings (SSSR count). The van der Waals surface area contributed by atoms with Crippen LogP contribution in [0.4, 0.5) is 11.5 Å². The predicted octanol–water partition coefficient (Wildman–Crippen LogP) is 1.03. The number of nitrogens with two attached hydrogens (primary N) is 1. The molecule has 0 fully saturated rings. The lowest BCUT2D eigenvalue weighted by Crippen LogP contribution is -2.32. The number of nitrogens with zero attached hydrogens (tertiary/aromatic N) is 3. The first-order valence-corrected chi connectivity index (χ1v) is 9.48. The van der Waals surface area contributed by atoms with E-state index in [4.69, 9.17) is 16.7 Å². The number of primary sulfonamides is 1. The highest BCUT2D eigenvalue weighted by Gasteiger charge is 2.25. The Balaban J connectivity index is 1.78. The lowest BCUT2D eigenvalue weighted by Gasteiger charge is -2.19. The minimum Gasteiger partial charge on any atom is -0.362 e. The average Bonchev–Trinajstić information content (AvgIpc) is 3.00. The molecule has 1 aromatic carbocycles. The molecule has 1 aliphatic rings. The van der Waals surface area contributed by atoms with Gasteiger partial charge in [-0.15, -0.1) is 0 Å². The second kappa shape index (κ2) is 6.32. The number of nitrogens with one attached hydrogen (secondary N) is 1. The fraction of sp³-hybridized carbons (Fsp3) is 0.333. The fourth-order valence-corrected chi connectivity index (χ4v) is 4.04. The molecular formula is C15H18ClN5O3S. The van der Waals surface area contributed by atoms with Gasteiger partial charge in [-0.05, 0) is 31.0 Å². The van der Waals surface area contributed by atoms with Crippen LogP contribution in [0.1, 0.15) is 11.3 Å². The van der Waals surface area contributed by atoms with Crippen LogP contribution in [0.2, 0.25) is 5.02 Å². The van der Waals surface area contributed by atoms with Crippen LogP contribution >= 0.6 is 11.6 Å². The first-order chi connectivity index (χ1) is 11.6. The molecule has 3 N–H and O–H groups in total. The Kier molecular flexibility index (Phi) is 4.48. The van der Waals surface area contributed by atoms with Gasteiger partial charge in [-0.25, -0.2) is 13.6 Å². The average molecular weight is 384 g/mol. The molecule has 1 aromatic heterocycles. The molecule has 0 bridgehead atoms. The zero-order valence-corrected chi connectivity index (χ0v) is 15.4. The molecule has 0 radical (unpaired) electrons. The lowest BCUT2D eigenvalue weighted by atomic mass is 10.2. The number of benzene rings is 1.